The van der Waals surface area contributed by atoms with E-state index in [1.54, 1.807) is 0 Å². The molecule has 4 nitrogen and oxygen atoms in total. The maximum absolute atomic E-state index is 11.2. The van der Waals surface area contributed by atoms with Gasteiger partial charge in [0.05, 0.1) is 24.0 Å². The molecule has 5 heteroatoms. The van der Waals surface area contributed by atoms with Crippen molar-refractivity contribution in [3.05, 3.63) is 22.7 Å². The second-order valence-electron chi connectivity index (χ2n) is 3.58. The van der Waals surface area contributed by atoms with Gasteiger partial charge in [0.2, 0.25) is 5.82 Å². The van der Waals surface area contributed by atoms with Gasteiger partial charge >= 0.3 is 5.97 Å². The maximum atomic E-state index is 11.2. The number of esters is 1. The van der Waals surface area contributed by atoms with E-state index in [-0.39, 0.29) is 5.82 Å². The number of rotatable bonds is 3. The van der Waals surface area contributed by atoms with Gasteiger partial charge in [-0.2, -0.15) is 0 Å². The molecule has 0 radical (unpaired) electrons. The van der Waals surface area contributed by atoms with Crippen LogP contribution in [0.1, 0.15) is 30.2 Å². The van der Waals surface area contributed by atoms with Crippen LogP contribution >= 0.6 is 11.6 Å². The van der Waals surface area contributed by atoms with Gasteiger partial charge in [0, 0.05) is 0 Å². The number of carbonyl (C=O) groups is 1. The lowest BCUT2D eigenvalue weighted by Crippen LogP contribution is -2.10. The van der Waals surface area contributed by atoms with Crippen molar-refractivity contribution >= 4 is 17.6 Å². The topological polar surface area (TPSA) is 52.1 Å². The molecule has 0 unspecified atom stereocenters. The molecule has 0 aliphatic rings. The zero-order valence-electron chi connectivity index (χ0n) is 8.95. The normalized spacial score (nSPS) is 10.5. The van der Waals surface area contributed by atoms with Crippen LogP contribution in [-0.4, -0.2) is 23.0 Å². The highest BCUT2D eigenvalue weighted by atomic mass is 35.5. The minimum Gasteiger partial charge on any atom is -0.463 e. The molecule has 0 N–H and O–H groups in total. The van der Waals surface area contributed by atoms with Crippen molar-refractivity contribution in [3.8, 4) is 0 Å². The molecule has 0 aliphatic carbocycles. The first-order valence-corrected chi connectivity index (χ1v) is 5.02. The predicted molar refractivity (Wildman–Crippen MR) is 56.9 cm³/mol. The van der Waals surface area contributed by atoms with Gasteiger partial charge in [0.25, 0.3) is 0 Å². The van der Waals surface area contributed by atoms with E-state index in [0.717, 1.165) is 0 Å². The third-order valence-corrected chi connectivity index (χ3v) is 2.10. The van der Waals surface area contributed by atoms with Crippen LogP contribution in [0.25, 0.3) is 0 Å². The van der Waals surface area contributed by atoms with E-state index in [4.69, 9.17) is 11.6 Å². The second-order valence-corrected chi connectivity index (χ2v) is 3.98. The quantitative estimate of drug-likeness (QED) is 0.744. The first kappa shape index (κ1) is 11.9. The van der Waals surface area contributed by atoms with Gasteiger partial charge in [-0.1, -0.05) is 25.4 Å². The minimum atomic E-state index is -0.545. The molecule has 0 aliphatic heterocycles. The first-order valence-electron chi connectivity index (χ1n) is 4.64. The molecule has 0 bridgehead atoms. The third-order valence-electron chi connectivity index (χ3n) is 1.79. The number of hydrogen-bond acceptors (Lipinski definition) is 4. The van der Waals surface area contributed by atoms with Crippen LogP contribution in [0.5, 0.6) is 0 Å². The van der Waals surface area contributed by atoms with Crippen molar-refractivity contribution in [2.45, 2.75) is 20.3 Å². The fraction of sp³-hybridized carbons (Fsp3) is 0.500. The van der Waals surface area contributed by atoms with Crippen LogP contribution in [0.2, 0.25) is 5.02 Å². The zero-order chi connectivity index (χ0) is 11.4. The Morgan fingerprint density at radius 1 is 1.60 bits per heavy atom. The second kappa shape index (κ2) is 5.07. The summed E-state index contributed by atoms with van der Waals surface area (Å²) >= 11 is 5.91. The van der Waals surface area contributed by atoms with E-state index < -0.39 is 5.97 Å². The van der Waals surface area contributed by atoms with Gasteiger partial charge in [-0.3, -0.25) is 0 Å². The van der Waals surface area contributed by atoms with E-state index >= 15 is 0 Å². The Bertz CT molecular complexity index is 366. The Morgan fingerprint density at radius 3 is 2.80 bits per heavy atom. The van der Waals surface area contributed by atoms with E-state index in [1.807, 2.05) is 0 Å². The molecule has 0 fully saturated rings. The van der Waals surface area contributed by atoms with Crippen molar-refractivity contribution in [1.29, 1.82) is 0 Å². The summed E-state index contributed by atoms with van der Waals surface area (Å²) in [5, 5.41) is 0.483. The van der Waals surface area contributed by atoms with Gasteiger partial charge in [0.1, 0.15) is 0 Å². The van der Waals surface area contributed by atoms with Gasteiger partial charge in [0.15, 0.2) is 0 Å². The van der Waals surface area contributed by atoms with Gasteiger partial charge in [-0.25, -0.2) is 14.8 Å². The summed E-state index contributed by atoms with van der Waals surface area (Å²) in [7, 11) is 1.29. The smallest absolute Gasteiger partial charge is 0.376 e. The van der Waals surface area contributed by atoms with Crippen molar-refractivity contribution in [2.24, 2.45) is 5.92 Å². The lowest BCUT2D eigenvalue weighted by atomic mass is 10.1. The third kappa shape index (κ3) is 3.16. The summed E-state index contributed by atoms with van der Waals surface area (Å²) in [6, 6.07) is 0. The summed E-state index contributed by atoms with van der Waals surface area (Å²) < 4.78 is 4.53. The molecular weight excluding hydrogens is 216 g/mol. The maximum Gasteiger partial charge on any atom is 0.376 e. The molecule has 0 amide bonds. The van der Waals surface area contributed by atoms with E-state index in [0.29, 0.717) is 23.1 Å². The van der Waals surface area contributed by atoms with Crippen LogP contribution in [0.15, 0.2) is 6.20 Å². The number of carbonyl (C=O) groups excluding carboxylic acids is 1. The highest BCUT2D eigenvalue weighted by Crippen LogP contribution is 2.16. The highest BCUT2D eigenvalue weighted by molar-refractivity contribution is 6.31. The van der Waals surface area contributed by atoms with Crippen molar-refractivity contribution in [1.82, 2.24) is 9.97 Å². The summed E-state index contributed by atoms with van der Waals surface area (Å²) in [6.07, 6.45) is 2.14. The number of halogens is 1. The van der Waals surface area contributed by atoms with E-state index in [1.165, 1.54) is 13.3 Å². The Morgan fingerprint density at radius 2 is 2.27 bits per heavy atom. The van der Waals surface area contributed by atoms with E-state index in [2.05, 4.69) is 28.6 Å². The van der Waals surface area contributed by atoms with Crippen LogP contribution in [0.3, 0.4) is 0 Å². The first-order chi connectivity index (χ1) is 7.04. The fourth-order valence-electron chi connectivity index (χ4n) is 1.12. The number of aromatic nitrogens is 2. The van der Waals surface area contributed by atoms with Crippen molar-refractivity contribution in [2.75, 3.05) is 7.11 Å². The van der Waals surface area contributed by atoms with Crippen LogP contribution in [-0.2, 0) is 11.2 Å². The summed E-state index contributed by atoms with van der Waals surface area (Å²) in [4.78, 5) is 19.0. The lowest BCUT2D eigenvalue weighted by Gasteiger charge is -2.06. The number of hydrogen-bond donors (Lipinski definition) is 0. The Kier molecular flexibility index (Phi) is 4.03. The van der Waals surface area contributed by atoms with Crippen LogP contribution in [0.4, 0.5) is 0 Å². The van der Waals surface area contributed by atoms with Crippen LogP contribution in [0, 0.1) is 5.92 Å². The molecule has 0 spiro atoms. The monoisotopic (exact) mass is 228 g/mol. The molecule has 0 atom stereocenters. The molecule has 1 aromatic rings. The van der Waals surface area contributed by atoms with Crippen molar-refractivity contribution in [3.63, 3.8) is 0 Å². The van der Waals surface area contributed by atoms with Gasteiger partial charge in [-0.05, 0) is 12.3 Å². The highest BCUT2D eigenvalue weighted by Gasteiger charge is 2.13. The standard InChI is InChI=1S/C10H13ClN2O2/c1-6(2)4-8-7(11)5-12-9(13-8)10(14)15-3/h5-6H,4H2,1-3H3. The number of ether oxygens (including phenoxy) is 1. The minimum absolute atomic E-state index is 0.0533. The van der Waals surface area contributed by atoms with E-state index in [9.17, 15) is 4.79 Å². The average Bonchev–Trinajstić information content (AvgIpc) is 2.19. The largest absolute Gasteiger partial charge is 0.463 e. The molecule has 1 heterocycles. The zero-order valence-corrected chi connectivity index (χ0v) is 9.71. The fourth-order valence-corrected chi connectivity index (χ4v) is 1.29. The molecule has 1 aromatic heterocycles. The molecule has 82 valence electrons. The van der Waals surface area contributed by atoms with Gasteiger partial charge < -0.3 is 4.74 Å². The van der Waals surface area contributed by atoms with Crippen LogP contribution < -0.4 is 0 Å². The molecule has 0 saturated carbocycles. The predicted octanol–water partition coefficient (Wildman–Crippen LogP) is 2.12. The summed E-state index contributed by atoms with van der Waals surface area (Å²) in [6.45, 7) is 4.10. The molecular formula is C10H13ClN2O2. The molecule has 0 aromatic carbocycles. The molecule has 1 rings (SSSR count). The van der Waals surface area contributed by atoms with Gasteiger partial charge in [-0.15, -0.1) is 0 Å². The number of methoxy groups -OCH3 is 1. The Labute approximate surface area is 93.6 Å². The Hall–Kier alpha value is -1.16. The number of nitrogens with zero attached hydrogens (tertiary/aromatic N) is 2. The summed E-state index contributed by atoms with van der Waals surface area (Å²) in [5.41, 5.74) is 0.682. The SMILES string of the molecule is COC(=O)c1ncc(Cl)c(CC(C)C)n1. The Balaban J connectivity index is 2.99. The van der Waals surface area contributed by atoms with Crippen molar-refractivity contribution < 1.29 is 9.53 Å². The molecule has 0 saturated heterocycles. The average molecular weight is 229 g/mol. The summed E-state index contributed by atoms with van der Waals surface area (Å²) in [5.74, 6) is -0.0721. The lowest BCUT2D eigenvalue weighted by molar-refractivity contribution is 0.0586. The molecule has 15 heavy (non-hydrogen) atoms.